The molecule has 3 aromatic carbocycles. The average molecular weight is 604 g/mol. The Bertz CT molecular complexity index is 1440. The van der Waals surface area contributed by atoms with Gasteiger partial charge in [0.15, 0.2) is 11.5 Å². The number of hydrogen-bond acceptors (Lipinski definition) is 8. The van der Waals surface area contributed by atoms with Gasteiger partial charge >= 0.3 is 5.69 Å². The molecule has 3 aromatic rings. The number of nitrogens with zero attached hydrogens (tertiary/aromatic N) is 3. The summed E-state index contributed by atoms with van der Waals surface area (Å²) in [6.07, 6.45) is 1.29. The van der Waals surface area contributed by atoms with E-state index in [1.807, 2.05) is 22.6 Å². The number of methoxy groups -OCH3 is 1. The molecule has 0 aliphatic rings. The van der Waals surface area contributed by atoms with Gasteiger partial charge in [0.2, 0.25) is 5.75 Å². The second kappa shape index (κ2) is 11.2. The van der Waals surface area contributed by atoms with Crippen LogP contribution in [0.15, 0.2) is 60.2 Å². The van der Waals surface area contributed by atoms with Gasteiger partial charge in [-0.05, 0) is 76.7 Å². The molecule has 1 amide bonds. The van der Waals surface area contributed by atoms with Crippen LogP contribution in [0.2, 0.25) is 0 Å². The summed E-state index contributed by atoms with van der Waals surface area (Å²) in [5.41, 5.74) is -0.665. The molecule has 13 heteroatoms. The first-order valence-electron chi connectivity index (χ1n) is 9.80. The number of ether oxygens (including phenoxy) is 2. The van der Waals surface area contributed by atoms with Crippen molar-refractivity contribution < 1.29 is 28.5 Å². The lowest BCUT2D eigenvalue weighted by Crippen LogP contribution is -2.13. The quantitative estimate of drug-likeness (QED) is 0.115. The number of nitrogens with one attached hydrogen (secondary N) is 1. The zero-order chi connectivity index (χ0) is 26.4. The van der Waals surface area contributed by atoms with Gasteiger partial charge in [0.05, 0.1) is 26.6 Å². The van der Waals surface area contributed by atoms with Gasteiger partial charge in [-0.3, -0.25) is 25.0 Å². The largest absolute Gasteiger partial charge is 0.493 e. The Morgan fingerprint density at radius 1 is 1.08 bits per heavy atom. The molecule has 11 nitrogen and oxygen atoms in total. The summed E-state index contributed by atoms with van der Waals surface area (Å²) in [6, 6.07) is 12.7. The van der Waals surface area contributed by atoms with Crippen molar-refractivity contribution in [2.45, 2.75) is 0 Å². The van der Waals surface area contributed by atoms with Gasteiger partial charge in [-0.2, -0.15) is 5.26 Å². The van der Waals surface area contributed by atoms with Gasteiger partial charge in [-0.1, -0.05) is 0 Å². The van der Waals surface area contributed by atoms with Crippen molar-refractivity contribution in [3.63, 3.8) is 0 Å². The highest BCUT2D eigenvalue weighted by Gasteiger charge is 2.23. The molecule has 36 heavy (non-hydrogen) atoms. The molecule has 0 heterocycles. The van der Waals surface area contributed by atoms with Crippen molar-refractivity contribution in [3.8, 4) is 23.3 Å². The molecular formula is C23H14FIN4O7. The second-order valence-corrected chi connectivity index (χ2v) is 8.10. The van der Waals surface area contributed by atoms with Gasteiger partial charge in [-0.25, -0.2) is 4.39 Å². The summed E-state index contributed by atoms with van der Waals surface area (Å²) >= 11 is 1.87. The lowest BCUT2D eigenvalue weighted by atomic mass is 10.1. The van der Waals surface area contributed by atoms with Gasteiger partial charge in [0, 0.05) is 11.8 Å². The number of hydrogen-bond donors (Lipinski definition) is 1. The molecule has 0 radical (unpaired) electrons. The topological polar surface area (TPSA) is 158 Å². The molecule has 1 N–H and O–H groups in total. The van der Waals surface area contributed by atoms with Crippen LogP contribution in [0.25, 0.3) is 6.08 Å². The maximum absolute atomic E-state index is 13.1. The van der Waals surface area contributed by atoms with E-state index in [4.69, 9.17) is 9.47 Å². The second-order valence-electron chi connectivity index (χ2n) is 6.93. The van der Waals surface area contributed by atoms with E-state index in [1.165, 1.54) is 37.5 Å². The third-order valence-electron chi connectivity index (χ3n) is 4.59. The predicted octanol–water partition coefficient (Wildman–Crippen LogP) is 5.59. The molecule has 0 atom stereocenters. The fourth-order valence-corrected chi connectivity index (χ4v) is 3.66. The molecule has 3 rings (SSSR count). The molecule has 0 saturated carbocycles. The van der Waals surface area contributed by atoms with Crippen molar-refractivity contribution in [1.29, 1.82) is 5.26 Å². The van der Waals surface area contributed by atoms with Crippen LogP contribution in [-0.4, -0.2) is 22.9 Å². The lowest BCUT2D eigenvalue weighted by molar-refractivity contribution is -0.394. The van der Waals surface area contributed by atoms with Crippen molar-refractivity contribution in [2.75, 3.05) is 12.4 Å². The number of halogens is 2. The number of nitro benzene ring substituents is 2. The summed E-state index contributed by atoms with van der Waals surface area (Å²) in [5, 5.41) is 34.3. The maximum Gasteiger partial charge on any atom is 0.318 e. The summed E-state index contributed by atoms with van der Waals surface area (Å²) in [5.74, 6) is -1.24. The monoisotopic (exact) mass is 604 g/mol. The SMILES string of the molecule is COc1cc(/C=C(/C#N)C(=O)Nc2ccc(F)cc2)cc(I)c1Oc1ccc([N+](=O)[O-])cc1[N+](=O)[O-]. The van der Waals surface area contributed by atoms with E-state index in [9.17, 15) is 34.7 Å². The molecular weight excluding hydrogens is 590 g/mol. The molecule has 0 bridgehead atoms. The number of rotatable bonds is 8. The molecule has 0 aliphatic carbocycles. The van der Waals surface area contributed by atoms with E-state index < -0.39 is 32.9 Å². The highest BCUT2D eigenvalue weighted by molar-refractivity contribution is 14.1. The number of anilines is 1. The Hall–Kier alpha value is -4.58. The van der Waals surface area contributed by atoms with Crippen molar-refractivity contribution in [1.82, 2.24) is 0 Å². The molecule has 0 aromatic heterocycles. The van der Waals surface area contributed by atoms with Crippen LogP contribution in [0.3, 0.4) is 0 Å². The number of carbonyl (C=O) groups is 1. The highest BCUT2D eigenvalue weighted by Crippen LogP contribution is 2.41. The van der Waals surface area contributed by atoms with Crippen LogP contribution in [0.5, 0.6) is 17.2 Å². The molecule has 0 unspecified atom stereocenters. The summed E-state index contributed by atoms with van der Waals surface area (Å²) < 4.78 is 24.5. The smallest absolute Gasteiger partial charge is 0.318 e. The fourth-order valence-electron chi connectivity index (χ4n) is 2.93. The number of non-ortho nitro benzene ring substituents is 1. The molecule has 182 valence electrons. The van der Waals surface area contributed by atoms with Gasteiger partial charge in [-0.15, -0.1) is 0 Å². The first kappa shape index (κ1) is 26.0. The fraction of sp³-hybridized carbons (Fsp3) is 0.0435. The van der Waals surface area contributed by atoms with Crippen molar-refractivity contribution >= 4 is 51.6 Å². The third kappa shape index (κ3) is 6.10. The summed E-state index contributed by atoms with van der Waals surface area (Å²) in [7, 11) is 1.32. The number of benzene rings is 3. The van der Waals surface area contributed by atoms with Gasteiger partial charge < -0.3 is 14.8 Å². The van der Waals surface area contributed by atoms with Gasteiger partial charge in [0.1, 0.15) is 17.5 Å². The Balaban J connectivity index is 1.94. The zero-order valence-corrected chi connectivity index (χ0v) is 20.4. The number of nitro groups is 2. The average Bonchev–Trinajstić information content (AvgIpc) is 2.85. The van der Waals surface area contributed by atoms with E-state index in [0.717, 1.165) is 30.3 Å². The van der Waals surface area contributed by atoms with E-state index in [2.05, 4.69) is 5.32 Å². The van der Waals surface area contributed by atoms with E-state index in [1.54, 1.807) is 6.07 Å². The summed E-state index contributed by atoms with van der Waals surface area (Å²) in [4.78, 5) is 33.3. The van der Waals surface area contributed by atoms with Crippen LogP contribution < -0.4 is 14.8 Å². The number of nitriles is 1. The molecule has 0 saturated heterocycles. The Kier molecular flexibility index (Phi) is 8.12. The zero-order valence-electron chi connectivity index (χ0n) is 18.2. The molecule has 0 aliphatic heterocycles. The van der Waals surface area contributed by atoms with Crippen molar-refractivity contribution in [2.24, 2.45) is 0 Å². The van der Waals surface area contributed by atoms with Crippen LogP contribution in [0.1, 0.15) is 5.56 Å². The minimum atomic E-state index is -0.808. The Morgan fingerprint density at radius 2 is 1.78 bits per heavy atom. The number of amides is 1. The van der Waals surface area contributed by atoms with Gasteiger partial charge in [0.25, 0.3) is 11.6 Å². The normalized spacial score (nSPS) is 10.8. The van der Waals surface area contributed by atoms with Crippen LogP contribution in [0.4, 0.5) is 21.5 Å². The maximum atomic E-state index is 13.1. The third-order valence-corrected chi connectivity index (χ3v) is 5.39. The minimum absolute atomic E-state index is 0.0847. The predicted molar refractivity (Wildman–Crippen MR) is 134 cm³/mol. The van der Waals surface area contributed by atoms with E-state index in [0.29, 0.717) is 14.8 Å². The van der Waals surface area contributed by atoms with E-state index >= 15 is 0 Å². The van der Waals surface area contributed by atoms with Crippen molar-refractivity contribution in [3.05, 3.63) is 95.3 Å². The molecule has 0 fully saturated rings. The molecule has 0 spiro atoms. The van der Waals surface area contributed by atoms with Crippen LogP contribution in [-0.2, 0) is 4.79 Å². The first-order valence-corrected chi connectivity index (χ1v) is 10.9. The lowest BCUT2D eigenvalue weighted by Gasteiger charge is -2.13. The number of carbonyl (C=O) groups excluding carboxylic acids is 1. The van der Waals surface area contributed by atoms with Crippen LogP contribution in [0, 0.1) is 40.9 Å². The summed E-state index contributed by atoms with van der Waals surface area (Å²) in [6.45, 7) is 0. The highest BCUT2D eigenvalue weighted by atomic mass is 127. The Morgan fingerprint density at radius 3 is 2.36 bits per heavy atom. The van der Waals surface area contributed by atoms with Crippen LogP contribution >= 0.6 is 22.6 Å². The minimum Gasteiger partial charge on any atom is -0.493 e. The Labute approximate surface area is 216 Å². The van der Waals surface area contributed by atoms with E-state index in [-0.39, 0.29) is 22.8 Å². The first-order chi connectivity index (χ1) is 17.1. The standard InChI is InChI=1S/C23H14FIN4O7/c1-35-21-10-13(8-14(12-26)23(30)27-16-4-2-15(24)3-5-16)9-18(25)22(21)36-20-7-6-17(28(31)32)11-19(20)29(33)34/h2-11H,1H3,(H,27,30)/b14-8-.